The molecule has 0 spiro atoms. The maximum absolute atomic E-state index is 12.5. The van der Waals surface area contributed by atoms with Crippen LogP contribution in [-0.4, -0.2) is 26.8 Å². The third-order valence-corrected chi connectivity index (χ3v) is 5.35. The van der Waals surface area contributed by atoms with Crippen LogP contribution in [0.15, 0.2) is 28.7 Å². The standard InChI is InChI=1S/C21H27N5O2/c1-12(2)20-24-18-10-9-15(11-26(18)25-20)23-21(27)22-14(4)19-13(3)16-7-5-6-8-17(16)28-19/h5-8,12,14-15H,9-11H2,1-4H3,(H2,22,23,27)/t14-,15?/m0/s1. The van der Waals surface area contributed by atoms with Gasteiger partial charge in [0.05, 0.1) is 18.6 Å². The molecule has 1 aromatic carbocycles. The van der Waals surface area contributed by atoms with Crippen LogP contribution in [0.2, 0.25) is 0 Å². The van der Waals surface area contributed by atoms with E-state index in [0.717, 1.165) is 46.8 Å². The maximum Gasteiger partial charge on any atom is 0.315 e. The highest BCUT2D eigenvalue weighted by molar-refractivity contribution is 5.82. The van der Waals surface area contributed by atoms with Crippen molar-refractivity contribution < 1.29 is 9.21 Å². The van der Waals surface area contributed by atoms with E-state index in [4.69, 9.17) is 4.42 Å². The number of benzene rings is 1. The van der Waals surface area contributed by atoms with E-state index < -0.39 is 0 Å². The normalized spacial score (nSPS) is 17.5. The third-order valence-electron chi connectivity index (χ3n) is 5.35. The number of nitrogens with zero attached hydrogens (tertiary/aromatic N) is 3. The van der Waals surface area contributed by atoms with Crippen molar-refractivity contribution in [3.63, 3.8) is 0 Å². The number of aromatic nitrogens is 3. The Morgan fingerprint density at radius 2 is 2.07 bits per heavy atom. The molecule has 0 aliphatic carbocycles. The van der Waals surface area contributed by atoms with Crippen LogP contribution in [0.1, 0.15) is 62.1 Å². The second-order valence-corrected chi connectivity index (χ2v) is 7.89. The summed E-state index contributed by atoms with van der Waals surface area (Å²) in [6.45, 7) is 8.80. The zero-order valence-corrected chi connectivity index (χ0v) is 16.8. The molecule has 1 aliphatic rings. The highest BCUT2D eigenvalue weighted by Gasteiger charge is 2.25. The van der Waals surface area contributed by atoms with Crippen molar-refractivity contribution in [1.29, 1.82) is 0 Å². The van der Waals surface area contributed by atoms with Gasteiger partial charge < -0.3 is 15.1 Å². The fourth-order valence-corrected chi connectivity index (χ4v) is 3.79. The average molecular weight is 381 g/mol. The Kier molecular flexibility index (Phi) is 4.83. The molecule has 28 heavy (non-hydrogen) atoms. The molecule has 0 saturated heterocycles. The molecule has 148 valence electrons. The minimum absolute atomic E-state index is 0.0400. The molecule has 7 heteroatoms. The van der Waals surface area contributed by atoms with E-state index in [0.29, 0.717) is 12.5 Å². The molecule has 2 aromatic heterocycles. The molecule has 0 radical (unpaired) electrons. The highest BCUT2D eigenvalue weighted by Crippen LogP contribution is 2.29. The largest absolute Gasteiger partial charge is 0.459 e. The molecule has 1 aliphatic heterocycles. The Bertz CT molecular complexity index is 1000. The summed E-state index contributed by atoms with van der Waals surface area (Å²) in [5, 5.41) is 11.7. The van der Waals surface area contributed by atoms with Crippen molar-refractivity contribution in [2.75, 3.05) is 0 Å². The second-order valence-electron chi connectivity index (χ2n) is 7.89. The number of furan rings is 1. The monoisotopic (exact) mass is 381 g/mol. The Labute approximate surface area is 164 Å². The van der Waals surface area contributed by atoms with Crippen LogP contribution in [0.5, 0.6) is 0 Å². The Morgan fingerprint density at radius 3 is 2.82 bits per heavy atom. The van der Waals surface area contributed by atoms with Crippen LogP contribution >= 0.6 is 0 Å². The van der Waals surface area contributed by atoms with Crippen molar-refractivity contribution in [2.45, 2.75) is 65.1 Å². The van der Waals surface area contributed by atoms with E-state index in [1.54, 1.807) is 0 Å². The van der Waals surface area contributed by atoms with E-state index >= 15 is 0 Å². The lowest BCUT2D eigenvalue weighted by Gasteiger charge is -2.24. The fraction of sp³-hybridized carbons (Fsp3) is 0.476. The first-order chi connectivity index (χ1) is 13.4. The number of urea groups is 1. The van der Waals surface area contributed by atoms with Gasteiger partial charge in [-0.2, -0.15) is 5.10 Å². The summed E-state index contributed by atoms with van der Waals surface area (Å²) in [5.41, 5.74) is 1.91. The third kappa shape index (κ3) is 3.48. The first-order valence-corrected chi connectivity index (χ1v) is 9.91. The Hall–Kier alpha value is -2.83. The van der Waals surface area contributed by atoms with Crippen molar-refractivity contribution in [2.24, 2.45) is 0 Å². The summed E-state index contributed by atoms with van der Waals surface area (Å²) >= 11 is 0. The number of nitrogens with one attached hydrogen (secondary N) is 2. The average Bonchev–Trinajstić information content (AvgIpc) is 3.23. The van der Waals surface area contributed by atoms with Crippen LogP contribution in [0.25, 0.3) is 11.0 Å². The SMILES string of the molecule is Cc1c([C@H](C)NC(=O)NC2CCc3nc(C(C)C)nn3C2)oc2ccccc12. The van der Waals surface area contributed by atoms with Crippen molar-refractivity contribution in [1.82, 2.24) is 25.4 Å². The van der Waals surface area contributed by atoms with Crippen LogP contribution in [-0.2, 0) is 13.0 Å². The zero-order chi connectivity index (χ0) is 19.8. The number of fused-ring (bicyclic) bond motifs is 2. The molecule has 2 amide bonds. The molecule has 4 rings (SSSR count). The topological polar surface area (TPSA) is 85.0 Å². The van der Waals surface area contributed by atoms with E-state index in [1.807, 2.05) is 42.8 Å². The van der Waals surface area contributed by atoms with Gasteiger partial charge in [0.25, 0.3) is 0 Å². The predicted octanol–water partition coefficient (Wildman–Crippen LogP) is 3.83. The maximum atomic E-state index is 12.5. The van der Waals surface area contributed by atoms with Gasteiger partial charge in [-0.05, 0) is 26.3 Å². The summed E-state index contributed by atoms with van der Waals surface area (Å²) in [5.74, 6) is 2.98. The lowest BCUT2D eigenvalue weighted by molar-refractivity contribution is 0.227. The van der Waals surface area contributed by atoms with Crippen molar-refractivity contribution in [3.8, 4) is 0 Å². The van der Waals surface area contributed by atoms with Gasteiger partial charge in [-0.1, -0.05) is 32.0 Å². The number of carbonyl (C=O) groups is 1. The van der Waals surface area contributed by atoms with Gasteiger partial charge in [0.1, 0.15) is 17.2 Å². The number of rotatable bonds is 4. The molecule has 2 N–H and O–H groups in total. The predicted molar refractivity (Wildman–Crippen MR) is 107 cm³/mol. The number of carbonyl (C=O) groups excluding carboxylic acids is 1. The number of hydrogen-bond acceptors (Lipinski definition) is 4. The molecule has 0 saturated carbocycles. The van der Waals surface area contributed by atoms with E-state index in [1.165, 1.54) is 0 Å². The molecule has 0 bridgehead atoms. The molecular formula is C21H27N5O2. The van der Waals surface area contributed by atoms with Gasteiger partial charge >= 0.3 is 6.03 Å². The summed E-state index contributed by atoms with van der Waals surface area (Å²) in [6, 6.07) is 7.56. The van der Waals surface area contributed by atoms with Crippen molar-refractivity contribution >= 4 is 17.0 Å². The smallest absolute Gasteiger partial charge is 0.315 e. The molecule has 1 unspecified atom stereocenters. The van der Waals surface area contributed by atoms with Gasteiger partial charge in [-0.3, -0.25) is 0 Å². The summed E-state index contributed by atoms with van der Waals surface area (Å²) < 4.78 is 7.89. The fourth-order valence-electron chi connectivity index (χ4n) is 3.79. The number of para-hydroxylation sites is 1. The molecule has 3 aromatic rings. The molecule has 7 nitrogen and oxygen atoms in total. The second kappa shape index (κ2) is 7.30. The Balaban J connectivity index is 1.39. The molecule has 0 fully saturated rings. The van der Waals surface area contributed by atoms with E-state index in [2.05, 4.69) is 34.6 Å². The highest BCUT2D eigenvalue weighted by atomic mass is 16.3. The molecular weight excluding hydrogens is 354 g/mol. The first kappa shape index (κ1) is 18.5. The van der Waals surface area contributed by atoms with E-state index in [9.17, 15) is 4.79 Å². The van der Waals surface area contributed by atoms with Gasteiger partial charge in [0.2, 0.25) is 0 Å². The summed E-state index contributed by atoms with van der Waals surface area (Å²) in [7, 11) is 0. The van der Waals surface area contributed by atoms with Crippen molar-refractivity contribution in [3.05, 3.63) is 47.2 Å². The van der Waals surface area contributed by atoms with Crippen LogP contribution in [0.4, 0.5) is 4.79 Å². The number of hydrogen-bond donors (Lipinski definition) is 2. The lowest BCUT2D eigenvalue weighted by Crippen LogP contribution is -2.46. The Morgan fingerprint density at radius 1 is 1.29 bits per heavy atom. The minimum atomic E-state index is -0.217. The number of aryl methyl sites for hydroxylation is 2. The van der Waals surface area contributed by atoms with E-state index in [-0.39, 0.29) is 18.1 Å². The minimum Gasteiger partial charge on any atom is -0.459 e. The van der Waals surface area contributed by atoms with Crippen LogP contribution < -0.4 is 10.6 Å². The van der Waals surface area contributed by atoms with Gasteiger partial charge in [0, 0.05) is 23.3 Å². The lowest BCUT2D eigenvalue weighted by atomic mass is 10.1. The summed E-state index contributed by atoms with van der Waals surface area (Å²) in [6.07, 6.45) is 1.69. The van der Waals surface area contributed by atoms with Gasteiger partial charge in [0.15, 0.2) is 5.82 Å². The zero-order valence-electron chi connectivity index (χ0n) is 16.8. The van der Waals surface area contributed by atoms with Crippen LogP contribution in [0.3, 0.4) is 0 Å². The van der Waals surface area contributed by atoms with Gasteiger partial charge in [-0.25, -0.2) is 14.5 Å². The first-order valence-electron chi connectivity index (χ1n) is 9.91. The number of amides is 2. The quantitative estimate of drug-likeness (QED) is 0.719. The van der Waals surface area contributed by atoms with Crippen LogP contribution in [0, 0.1) is 6.92 Å². The molecule has 3 heterocycles. The molecule has 2 atom stereocenters. The van der Waals surface area contributed by atoms with Gasteiger partial charge in [-0.15, -0.1) is 0 Å². The summed E-state index contributed by atoms with van der Waals surface area (Å²) in [4.78, 5) is 17.1.